The molecule has 4 aromatic rings. The van der Waals surface area contributed by atoms with E-state index in [4.69, 9.17) is 17.1 Å². The van der Waals surface area contributed by atoms with Gasteiger partial charge in [0.1, 0.15) is 11.6 Å². The number of sulfone groups is 1. The maximum absolute atomic E-state index is 15.1. The number of rotatable bonds is 8. The quantitative estimate of drug-likeness (QED) is 0.311. The van der Waals surface area contributed by atoms with Crippen LogP contribution < -0.4 is 10.2 Å². The van der Waals surface area contributed by atoms with Crippen LogP contribution in [0.5, 0.6) is 0 Å². The largest absolute Gasteiger partial charge is 0.395 e. The zero-order chi connectivity index (χ0) is 37.9. The van der Waals surface area contributed by atoms with E-state index < -0.39 is 82.2 Å². The van der Waals surface area contributed by atoms with Crippen molar-refractivity contribution in [3.8, 4) is 11.4 Å². The summed E-state index contributed by atoms with van der Waals surface area (Å²) in [5.74, 6) is -2.95. The van der Waals surface area contributed by atoms with E-state index in [0.29, 0.717) is 21.5 Å². The predicted octanol–water partition coefficient (Wildman–Crippen LogP) is 3.45. The molecular weight excluding hydrogens is 561 g/mol. The first-order chi connectivity index (χ1) is 23.4. The number of morpholine rings is 1. The zero-order valence-electron chi connectivity index (χ0n) is 31.5. The number of carbonyl (C=O) groups excluding carboxylic acids is 1. The highest BCUT2D eigenvalue weighted by atomic mass is 32.2. The van der Waals surface area contributed by atoms with Gasteiger partial charge in [0, 0.05) is 46.4 Å². The first-order valence-corrected chi connectivity index (χ1v) is 14.3. The third kappa shape index (κ3) is 6.56. The number of halogens is 1. The molecule has 5 rings (SSSR count). The van der Waals surface area contributed by atoms with Crippen LogP contribution in [0.15, 0.2) is 59.6 Å². The minimum Gasteiger partial charge on any atom is -0.395 e. The number of aliphatic hydroxyl groups is 1. The molecule has 0 saturated carbocycles. The van der Waals surface area contributed by atoms with Gasteiger partial charge in [-0.05, 0) is 56.6 Å². The second-order valence-electron chi connectivity index (χ2n) is 9.30. The minimum absolute atomic E-state index is 0.0899. The van der Waals surface area contributed by atoms with E-state index >= 15 is 4.39 Å². The van der Waals surface area contributed by atoms with Gasteiger partial charge >= 0.3 is 0 Å². The molecule has 1 saturated heterocycles. The first kappa shape index (κ1) is 20.0. The fourth-order valence-electron chi connectivity index (χ4n) is 4.18. The Morgan fingerprint density at radius 2 is 1.95 bits per heavy atom. The predicted molar refractivity (Wildman–Crippen MR) is 156 cm³/mol. The molecule has 1 aliphatic heterocycles. The average molecular weight is 603 g/mol. The van der Waals surface area contributed by atoms with E-state index in [1.165, 1.54) is 24.4 Å². The van der Waals surface area contributed by atoms with Crippen LogP contribution in [0.2, 0.25) is 0 Å². The third-order valence-electron chi connectivity index (χ3n) is 6.11. The number of amides is 1. The number of aryl methyl sites for hydroxylation is 1. The van der Waals surface area contributed by atoms with Crippen molar-refractivity contribution >= 4 is 32.5 Å². The normalized spacial score (nSPS) is 26.8. The van der Waals surface area contributed by atoms with Crippen LogP contribution in [0.25, 0.3) is 22.3 Å². The van der Waals surface area contributed by atoms with Gasteiger partial charge in [0.2, 0.25) is 0 Å². The van der Waals surface area contributed by atoms with Gasteiger partial charge < -0.3 is 20.1 Å². The highest BCUT2D eigenvalue weighted by Crippen LogP contribution is 2.26. The monoisotopic (exact) mass is 602 g/mol. The number of anilines is 1. The van der Waals surface area contributed by atoms with E-state index in [1.54, 1.807) is 6.07 Å². The van der Waals surface area contributed by atoms with Gasteiger partial charge in [0.15, 0.2) is 9.84 Å². The summed E-state index contributed by atoms with van der Waals surface area (Å²) in [6.07, 6.45) is -3.46. The Kier molecular flexibility index (Phi) is 5.75. The molecule has 3 aromatic heterocycles. The topological polar surface area (TPSA) is 135 Å². The molecule has 42 heavy (non-hydrogen) atoms. The molecule has 1 fully saturated rings. The van der Waals surface area contributed by atoms with Crippen LogP contribution in [-0.2, 0) is 21.1 Å². The number of aliphatic hydroxyl groups excluding tert-OH is 1. The lowest BCUT2D eigenvalue weighted by Crippen LogP contribution is -2.45. The number of ether oxygens (including phenoxy) is 1. The summed E-state index contributed by atoms with van der Waals surface area (Å²) in [5.41, 5.74) is -0.0700. The maximum atomic E-state index is 15.1. The molecule has 10 nitrogen and oxygen atoms in total. The van der Waals surface area contributed by atoms with Crippen molar-refractivity contribution in [1.29, 1.82) is 0 Å². The number of hydrogen-bond acceptors (Lipinski definition) is 9. The molecule has 4 heterocycles. The lowest BCUT2D eigenvalue weighted by atomic mass is 10.1. The first-order valence-electron chi connectivity index (χ1n) is 17.1. The molecule has 2 atom stereocenters. The van der Waals surface area contributed by atoms with Crippen molar-refractivity contribution in [1.82, 2.24) is 20.3 Å². The Labute approximate surface area is 256 Å². The molecule has 1 amide bonds. The molecule has 2 N–H and O–H groups in total. The summed E-state index contributed by atoms with van der Waals surface area (Å²) in [4.78, 5) is 25.9. The molecule has 12 heteroatoms. The number of benzene rings is 1. The van der Waals surface area contributed by atoms with Gasteiger partial charge in [-0.25, -0.2) is 22.8 Å². The Bertz CT molecular complexity index is 2110. The lowest BCUT2D eigenvalue weighted by molar-refractivity contribution is -0.00547. The highest BCUT2D eigenvalue weighted by molar-refractivity contribution is 7.91. The third-order valence-corrected chi connectivity index (χ3v) is 7.84. The van der Waals surface area contributed by atoms with Gasteiger partial charge in [0.05, 0.1) is 66.8 Å². The summed E-state index contributed by atoms with van der Waals surface area (Å²) in [5, 5.41) is 12.3. The van der Waals surface area contributed by atoms with E-state index in [0.717, 1.165) is 38.1 Å². The van der Waals surface area contributed by atoms with Crippen LogP contribution in [-0.4, -0.2) is 71.9 Å². The van der Waals surface area contributed by atoms with Crippen molar-refractivity contribution in [2.24, 2.45) is 0 Å². The Balaban J connectivity index is 1.44. The molecule has 1 aliphatic rings. The van der Waals surface area contributed by atoms with Crippen molar-refractivity contribution in [2.45, 2.75) is 44.3 Å². The van der Waals surface area contributed by atoms with Crippen molar-refractivity contribution in [3.05, 3.63) is 77.4 Å². The Morgan fingerprint density at radius 3 is 2.69 bits per heavy atom. The van der Waals surface area contributed by atoms with E-state index in [2.05, 4.69) is 20.3 Å². The number of fused-ring (bicyclic) bond motifs is 1. The number of carbonyl (C=O) groups is 1. The smallest absolute Gasteiger partial charge is 0.251 e. The molecule has 1 aromatic carbocycles. The summed E-state index contributed by atoms with van der Waals surface area (Å²) < 4.78 is 120. The van der Waals surface area contributed by atoms with Crippen LogP contribution in [0, 0.1) is 12.7 Å². The van der Waals surface area contributed by atoms with E-state index in [-0.39, 0.29) is 23.5 Å². The molecule has 2 unspecified atom stereocenters. The van der Waals surface area contributed by atoms with Gasteiger partial charge in [-0.1, -0.05) is 6.07 Å². The van der Waals surface area contributed by atoms with Gasteiger partial charge in [0.25, 0.3) is 5.91 Å². The lowest BCUT2D eigenvalue weighted by Gasteiger charge is -2.36. The van der Waals surface area contributed by atoms with Crippen LogP contribution in [0.1, 0.15) is 47.8 Å². The van der Waals surface area contributed by atoms with Crippen molar-refractivity contribution < 1.29 is 39.8 Å². The van der Waals surface area contributed by atoms with E-state index in [1.807, 2.05) is 0 Å². The summed E-state index contributed by atoms with van der Waals surface area (Å²) in [6.45, 7) is -7.50. The van der Waals surface area contributed by atoms with Crippen LogP contribution in [0.3, 0.4) is 0 Å². The number of nitrogens with zero attached hydrogens (tertiary/aromatic N) is 4. The molecule has 0 aliphatic carbocycles. The molecule has 220 valence electrons. The molecule has 0 bridgehead atoms. The number of aromatic nitrogens is 3. The number of nitrogens with one attached hydrogen (secondary N) is 1. The maximum Gasteiger partial charge on any atom is 0.251 e. The van der Waals surface area contributed by atoms with Crippen molar-refractivity contribution in [3.63, 3.8) is 0 Å². The fraction of sp³-hybridized carbons (Fsp3) is 0.333. The Hall–Kier alpha value is -4.00. The van der Waals surface area contributed by atoms with Crippen LogP contribution in [0.4, 0.5) is 10.2 Å². The SMILES string of the molecule is [2H]C([2H])([2H])c1ccc(C(=O)NCc2cc3nc(-c4cc(F)cc(N5C([2H])([2H])C([2H])(C)OC([2H])(C)C5([2H])[2H])n4)ccc3cn2)cc1S(=O)(=O)CCO. The number of hydrogen-bond donors (Lipinski definition) is 2. The molecule has 0 spiro atoms. The van der Waals surface area contributed by atoms with Crippen molar-refractivity contribution in [2.75, 3.05) is 30.3 Å². The second kappa shape index (κ2) is 12.1. The average Bonchev–Trinajstić information content (AvgIpc) is 3.01. The van der Waals surface area contributed by atoms with Gasteiger partial charge in [-0.2, -0.15) is 0 Å². The van der Waals surface area contributed by atoms with Gasteiger partial charge in [-0.3, -0.25) is 9.78 Å². The molecular formula is C30H32FN5O5S. The summed E-state index contributed by atoms with van der Waals surface area (Å²) in [7, 11) is -4.23. The standard InChI is InChI=1S/C30H32FN5O5S/c1-18-4-5-21(10-28(18)42(39,40)9-8-37)30(38)33-15-24-13-26-22(14-32-24)6-7-25(34-26)27-11-23(31)12-29(35-27)36-16-19(2)41-20(3)17-36/h4-7,10-14,19-20,37H,8-9,15-17H2,1-3H3,(H,33,38)/i1D3,16D2,17D2,19D,20D. The fourth-order valence-corrected chi connectivity index (χ4v) is 5.35. The van der Waals surface area contributed by atoms with Crippen LogP contribution >= 0.6 is 0 Å². The van der Waals surface area contributed by atoms with Gasteiger partial charge in [-0.15, -0.1) is 0 Å². The van der Waals surface area contributed by atoms with E-state index in [9.17, 15) is 18.3 Å². The zero-order valence-corrected chi connectivity index (χ0v) is 23.3. The Morgan fingerprint density at radius 1 is 1.17 bits per heavy atom. The summed E-state index contributed by atoms with van der Waals surface area (Å²) in [6, 6.07) is 9.48. The summed E-state index contributed by atoms with van der Waals surface area (Å²) >= 11 is 0. The second-order valence-corrected chi connectivity index (χ2v) is 11.4. The molecule has 0 radical (unpaired) electrons. The minimum atomic E-state index is -4.23. The number of pyridine rings is 3. The highest BCUT2D eigenvalue weighted by Gasteiger charge is 2.24.